The Morgan fingerprint density at radius 2 is 2.00 bits per heavy atom. The molecule has 3 heterocycles. The highest BCUT2D eigenvalue weighted by molar-refractivity contribution is 5.64. The minimum Gasteiger partial charge on any atom is -0.307 e. The van der Waals surface area contributed by atoms with E-state index < -0.39 is 0 Å². The fourth-order valence-corrected chi connectivity index (χ4v) is 2.51. The molecule has 0 atom stereocenters. The molecule has 2 aromatic heterocycles. The smallest absolute Gasteiger partial charge is 0.277 e. The van der Waals surface area contributed by atoms with Crippen LogP contribution >= 0.6 is 0 Å². The summed E-state index contributed by atoms with van der Waals surface area (Å²) in [6.45, 7) is 1.17. The van der Waals surface area contributed by atoms with Crippen molar-refractivity contribution in [3.63, 3.8) is 0 Å². The number of aromatic amines is 1. The maximum absolute atomic E-state index is 12.9. The van der Waals surface area contributed by atoms with Crippen LogP contribution in [0.1, 0.15) is 11.3 Å². The van der Waals surface area contributed by atoms with Gasteiger partial charge in [-0.25, -0.2) is 13.9 Å². The molecule has 0 unspecified atom stereocenters. The van der Waals surface area contributed by atoms with Crippen LogP contribution in [-0.2, 0) is 13.1 Å². The molecule has 100 valence electrons. The predicted molar refractivity (Wildman–Crippen MR) is 71.8 cm³/mol. The number of rotatable bonds is 1. The molecule has 5 nitrogen and oxygen atoms in total. The lowest BCUT2D eigenvalue weighted by Crippen LogP contribution is -2.20. The molecule has 0 saturated heterocycles. The van der Waals surface area contributed by atoms with E-state index in [-0.39, 0.29) is 11.4 Å². The van der Waals surface area contributed by atoms with Gasteiger partial charge in [-0.05, 0) is 29.8 Å². The molecule has 0 spiro atoms. The molecule has 0 amide bonds. The van der Waals surface area contributed by atoms with Gasteiger partial charge in [0.05, 0.1) is 17.0 Å². The average molecular weight is 270 g/mol. The van der Waals surface area contributed by atoms with E-state index in [1.165, 1.54) is 16.6 Å². The van der Waals surface area contributed by atoms with Gasteiger partial charge in [0, 0.05) is 19.2 Å². The Morgan fingerprint density at radius 3 is 2.80 bits per heavy atom. The number of benzene rings is 1. The molecule has 1 aliphatic rings. The van der Waals surface area contributed by atoms with E-state index in [4.69, 9.17) is 0 Å². The summed E-state index contributed by atoms with van der Waals surface area (Å²) in [6.07, 6.45) is 0. The summed E-state index contributed by atoms with van der Waals surface area (Å²) >= 11 is 0. The van der Waals surface area contributed by atoms with Gasteiger partial charge in [-0.2, -0.15) is 0 Å². The Kier molecular flexibility index (Phi) is 2.28. The van der Waals surface area contributed by atoms with Crippen LogP contribution in [0.2, 0.25) is 0 Å². The van der Waals surface area contributed by atoms with Crippen molar-refractivity contribution in [2.75, 3.05) is 0 Å². The molecule has 2 N–H and O–H groups in total. The summed E-state index contributed by atoms with van der Waals surface area (Å²) in [5, 5.41) is 6.14. The Bertz CT molecular complexity index is 863. The molecule has 1 aromatic carbocycles. The van der Waals surface area contributed by atoms with Crippen molar-refractivity contribution >= 4 is 5.65 Å². The lowest BCUT2D eigenvalue weighted by molar-refractivity contribution is 0.628. The highest BCUT2D eigenvalue weighted by Crippen LogP contribution is 2.19. The minimum absolute atomic E-state index is 0.0802. The Balaban J connectivity index is 1.94. The van der Waals surface area contributed by atoms with Gasteiger partial charge in [0.25, 0.3) is 5.56 Å². The fourth-order valence-electron chi connectivity index (χ4n) is 2.51. The number of hydrogen-bond acceptors (Lipinski definition) is 3. The van der Waals surface area contributed by atoms with Crippen molar-refractivity contribution in [3.05, 3.63) is 57.8 Å². The first-order valence-electron chi connectivity index (χ1n) is 6.32. The summed E-state index contributed by atoms with van der Waals surface area (Å²) < 4.78 is 14.4. The minimum atomic E-state index is -0.287. The average Bonchev–Trinajstić information content (AvgIpc) is 3.06. The Hall–Kier alpha value is -2.47. The van der Waals surface area contributed by atoms with E-state index in [2.05, 4.69) is 15.4 Å². The third-order valence-corrected chi connectivity index (χ3v) is 3.54. The highest BCUT2D eigenvalue weighted by atomic mass is 19.1. The van der Waals surface area contributed by atoms with E-state index in [1.807, 2.05) is 0 Å². The van der Waals surface area contributed by atoms with Crippen molar-refractivity contribution in [1.29, 1.82) is 0 Å². The van der Waals surface area contributed by atoms with E-state index in [0.29, 0.717) is 24.3 Å². The third kappa shape index (κ3) is 1.58. The first-order chi connectivity index (χ1) is 9.72. The summed E-state index contributed by atoms with van der Waals surface area (Å²) in [5.74, 6) is -0.287. The summed E-state index contributed by atoms with van der Waals surface area (Å²) in [6, 6.07) is 7.91. The number of fused-ring (bicyclic) bond motifs is 2. The number of nitrogens with zero attached hydrogens (tertiary/aromatic N) is 2. The van der Waals surface area contributed by atoms with Crippen LogP contribution in [0.5, 0.6) is 0 Å². The number of halogens is 1. The van der Waals surface area contributed by atoms with Gasteiger partial charge in [-0.3, -0.25) is 9.89 Å². The maximum atomic E-state index is 12.9. The molecule has 0 radical (unpaired) electrons. The highest BCUT2D eigenvalue weighted by Gasteiger charge is 2.18. The van der Waals surface area contributed by atoms with Crippen LogP contribution < -0.4 is 10.9 Å². The summed E-state index contributed by atoms with van der Waals surface area (Å²) in [4.78, 5) is 16.8. The number of hydrogen-bond donors (Lipinski definition) is 2. The topological polar surface area (TPSA) is 62.2 Å². The normalized spacial score (nSPS) is 13.8. The van der Waals surface area contributed by atoms with E-state index in [0.717, 1.165) is 17.0 Å². The molecule has 0 saturated carbocycles. The van der Waals surface area contributed by atoms with Crippen molar-refractivity contribution in [2.45, 2.75) is 13.1 Å². The Labute approximate surface area is 113 Å². The quantitative estimate of drug-likeness (QED) is 0.703. The van der Waals surface area contributed by atoms with Gasteiger partial charge in [0.15, 0.2) is 5.65 Å². The monoisotopic (exact) mass is 270 g/mol. The molecule has 0 aliphatic carbocycles. The van der Waals surface area contributed by atoms with Crippen LogP contribution in [0.15, 0.2) is 35.1 Å². The SMILES string of the molecule is O=c1c2c(nc3cc(-c4ccc(F)cc4)[nH]n13)CNC2. The molecule has 4 rings (SSSR count). The van der Waals surface area contributed by atoms with Crippen LogP contribution in [-0.4, -0.2) is 14.6 Å². The van der Waals surface area contributed by atoms with E-state index in [1.54, 1.807) is 18.2 Å². The summed E-state index contributed by atoms with van der Waals surface area (Å²) in [7, 11) is 0. The zero-order valence-electron chi connectivity index (χ0n) is 10.5. The van der Waals surface area contributed by atoms with Crippen molar-refractivity contribution < 1.29 is 4.39 Å². The zero-order valence-corrected chi connectivity index (χ0v) is 10.5. The summed E-state index contributed by atoms with van der Waals surface area (Å²) in [5.41, 5.74) is 3.57. The fraction of sp³-hybridized carbons (Fsp3) is 0.143. The molecule has 20 heavy (non-hydrogen) atoms. The molecular weight excluding hydrogens is 259 g/mol. The lowest BCUT2D eigenvalue weighted by atomic mass is 10.1. The number of H-pyrrole nitrogens is 1. The predicted octanol–water partition coefficient (Wildman–Crippen LogP) is 1.43. The second kappa shape index (κ2) is 4.01. The van der Waals surface area contributed by atoms with E-state index in [9.17, 15) is 9.18 Å². The lowest BCUT2D eigenvalue weighted by Gasteiger charge is -1.98. The van der Waals surface area contributed by atoms with Crippen LogP contribution in [0.4, 0.5) is 4.39 Å². The van der Waals surface area contributed by atoms with Gasteiger partial charge in [-0.15, -0.1) is 0 Å². The van der Waals surface area contributed by atoms with Gasteiger partial charge < -0.3 is 5.32 Å². The van der Waals surface area contributed by atoms with Crippen LogP contribution in [0, 0.1) is 5.82 Å². The molecule has 0 bridgehead atoms. The van der Waals surface area contributed by atoms with Crippen molar-refractivity contribution in [3.8, 4) is 11.3 Å². The molecular formula is C14H11FN4O. The zero-order chi connectivity index (χ0) is 13.7. The van der Waals surface area contributed by atoms with E-state index >= 15 is 0 Å². The molecule has 1 aliphatic heterocycles. The number of aromatic nitrogens is 3. The second-order valence-corrected chi connectivity index (χ2v) is 4.82. The van der Waals surface area contributed by atoms with Crippen molar-refractivity contribution in [2.24, 2.45) is 0 Å². The largest absolute Gasteiger partial charge is 0.307 e. The second-order valence-electron chi connectivity index (χ2n) is 4.82. The third-order valence-electron chi connectivity index (χ3n) is 3.54. The maximum Gasteiger partial charge on any atom is 0.277 e. The molecule has 0 fully saturated rings. The van der Waals surface area contributed by atoms with Crippen LogP contribution in [0.25, 0.3) is 16.9 Å². The van der Waals surface area contributed by atoms with Gasteiger partial charge in [0.2, 0.25) is 0 Å². The Morgan fingerprint density at radius 1 is 1.20 bits per heavy atom. The first-order valence-corrected chi connectivity index (χ1v) is 6.32. The van der Waals surface area contributed by atoms with Gasteiger partial charge >= 0.3 is 0 Å². The first kappa shape index (κ1) is 11.4. The van der Waals surface area contributed by atoms with Crippen LogP contribution in [0.3, 0.4) is 0 Å². The van der Waals surface area contributed by atoms with Crippen molar-refractivity contribution in [1.82, 2.24) is 19.9 Å². The number of nitrogens with one attached hydrogen (secondary N) is 2. The molecule has 3 aromatic rings. The standard InChI is InChI=1S/C14H11FN4O/c15-9-3-1-8(2-4-9)11-5-13-17-12-7-16-6-10(12)14(20)19(13)18-11/h1-5,16,18H,6-7H2. The van der Waals surface area contributed by atoms with Gasteiger partial charge in [-0.1, -0.05) is 0 Å². The van der Waals surface area contributed by atoms with Gasteiger partial charge in [0.1, 0.15) is 5.82 Å². The molecule has 6 heteroatoms.